The molecule has 0 bridgehead atoms. The number of carbonyl (C=O) groups is 1. The van der Waals surface area contributed by atoms with Crippen LogP contribution in [0.1, 0.15) is 0 Å². The summed E-state index contributed by atoms with van der Waals surface area (Å²) >= 11 is 0. The first kappa shape index (κ1) is 13.5. The van der Waals surface area contributed by atoms with Crippen LogP contribution in [0.5, 0.6) is 0 Å². The van der Waals surface area contributed by atoms with Gasteiger partial charge in [0.2, 0.25) is 5.95 Å². The molecule has 0 amide bonds. The number of anilines is 1. The molecule has 1 N–H and O–H groups in total. The maximum Gasteiger partial charge on any atom is 0.394 e. The summed E-state index contributed by atoms with van der Waals surface area (Å²) in [6, 6.07) is 0. The number of halogens is 4. The minimum absolute atomic E-state index is 0.112. The molecule has 0 aliphatic carbocycles. The molecular weight excluding hydrogens is 270 g/mol. The minimum atomic E-state index is -4.61. The minimum Gasteiger partial charge on any atom is -0.481 e. The normalized spacial score (nSPS) is 23.7. The van der Waals surface area contributed by atoms with Crippen molar-refractivity contribution in [3.8, 4) is 0 Å². The summed E-state index contributed by atoms with van der Waals surface area (Å²) in [6.45, 7) is -0.906. The molecule has 1 fully saturated rings. The summed E-state index contributed by atoms with van der Waals surface area (Å²) in [5, 5.41) is 8.83. The third-order valence-corrected chi connectivity index (χ3v) is 2.95. The van der Waals surface area contributed by atoms with Gasteiger partial charge < -0.3 is 10.0 Å². The van der Waals surface area contributed by atoms with Crippen LogP contribution in [0.25, 0.3) is 0 Å². The van der Waals surface area contributed by atoms with E-state index in [1.807, 2.05) is 0 Å². The lowest BCUT2D eigenvalue weighted by Gasteiger charge is -2.18. The zero-order valence-electron chi connectivity index (χ0n) is 9.43. The lowest BCUT2D eigenvalue weighted by molar-refractivity contribution is -0.187. The van der Waals surface area contributed by atoms with Gasteiger partial charge in [-0.25, -0.2) is 14.4 Å². The van der Waals surface area contributed by atoms with E-state index >= 15 is 0 Å². The van der Waals surface area contributed by atoms with Crippen LogP contribution in [0.15, 0.2) is 12.4 Å². The lowest BCUT2D eigenvalue weighted by atomic mass is 9.96. The van der Waals surface area contributed by atoms with Crippen molar-refractivity contribution in [3.63, 3.8) is 0 Å². The fraction of sp³-hybridized carbons (Fsp3) is 0.500. The number of hydrogen-bond acceptors (Lipinski definition) is 4. The van der Waals surface area contributed by atoms with Crippen molar-refractivity contribution in [1.29, 1.82) is 0 Å². The van der Waals surface area contributed by atoms with Gasteiger partial charge >= 0.3 is 12.1 Å². The molecule has 0 aromatic carbocycles. The van der Waals surface area contributed by atoms with Crippen molar-refractivity contribution in [1.82, 2.24) is 9.97 Å². The van der Waals surface area contributed by atoms with Crippen LogP contribution in [0.2, 0.25) is 0 Å². The summed E-state index contributed by atoms with van der Waals surface area (Å²) in [4.78, 5) is 19.1. The first-order valence-electron chi connectivity index (χ1n) is 5.31. The molecule has 2 atom stereocenters. The third-order valence-electron chi connectivity index (χ3n) is 2.95. The van der Waals surface area contributed by atoms with Crippen molar-refractivity contribution >= 4 is 11.9 Å². The van der Waals surface area contributed by atoms with E-state index in [1.54, 1.807) is 0 Å². The number of aliphatic carboxylic acids is 1. The Kier molecular flexibility index (Phi) is 3.29. The van der Waals surface area contributed by atoms with Crippen LogP contribution < -0.4 is 4.90 Å². The van der Waals surface area contributed by atoms with E-state index in [2.05, 4.69) is 9.97 Å². The smallest absolute Gasteiger partial charge is 0.394 e. The molecule has 0 radical (unpaired) electrons. The Morgan fingerprint density at radius 2 is 1.89 bits per heavy atom. The van der Waals surface area contributed by atoms with Gasteiger partial charge in [-0.2, -0.15) is 13.2 Å². The fourth-order valence-corrected chi connectivity index (χ4v) is 2.02. The van der Waals surface area contributed by atoms with Crippen molar-refractivity contribution < 1.29 is 27.5 Å². The van der Waals surface area contributed by atoms with E-state index in [1.165, 1.54) is 0 Å². The average molecular weight is 279 g/mol. The maximum atomic E-state index is 12.7. The molecule has 0 saturated carbocycles. The van der Waals surface area contributed by atoms with Crippen molar-refractivity contribution in [2.75, 3.05) is 18.0 Å². The van der Waals surface area contributed by atoms with Crippen LogP contribution in [0.3, 0.4) is 0 Å². The molecule has 5 nitrogen and oxygen atoms in total. The Morgan fingerprint density at radius 3 is 2.32 bits per heavy atom. The molecule has 9 heteroatoms. The maximum absolute atomic E-state index is 12.7. The third kappa shape index (κ3) is 2.74. The van der Waals surface area contributed by atoms with E-state index in [0.29, 0.717) is 0 Å². The van der Waals surface area contributed by atoms with E-state index < -0.39 is 36.3 Å². The molecule has 104 valence electrons. The van der Waals surface area contributed by atoms with Crippen LogP contribution >= 0.6 is 0 Å². The quantitative estimate of drug-likeness (QED) is 0.827. The summed E-state index contributed by atoms with van der Waals surface area (Å²) in [7, 11) is 0. The van der Waals surface area contributed by atoms with E-state index in [-0.39, 0.29) is 12.5 Å². The van der Waals surface area contributed by atoms with Gasteiger partial charge in [-0.1, -0.05) is 0 Å². The number of aromatic nitrogens is 2. The highest BCUT2D eigenvalue weighted by Gasteiger charge is 2.53. The van der Waals surface area contributed by atoms with Crippen LogP contribution in [0.4, 0.5) is 23.5 Å². The molecule has 1 aromatic heterocycles. The molecule has 1 aliphatic rings. The largest absolute Gasteiger partial charge is 0.481 e. The number of hydrogen-bond donors (Lipinski definition) is 1. The van der Waals surface area contributed by atoms with Gasteiger partial charge in [0.1, 0.15) is 0 Å². The molecule has 0 spiro atoms. The first-order chi connectivity index (χ1) is 8.79. The van der Waals surface area contributed by atoms with Gasteiger partial charge in [-0.05, 0) is 0 Å². The van der Waals surface area contributed by atoms with Gasteiger partial charge in [0.15, 0.2) is 5.82 Å². The van der Waals surface area contributed by atoms with Crippen molar-refractivity contribution in [2.45, 2.75) is 6.18 Å². The van der Waals surface area contributed by atoms with Gasteiger partial charge in [0.05, 0.1) is 24.2 Å². The highest BCUT2D eigenvalue weighted by molar-refractivity contribution is 5.72. The number of nitrogens with zero attached hydrogens (tertiary/aromatic N) is 3. The summed E-state index contributed by atoms with van der Waals surface area (Å²) in [6.07, 6.45) is -2.98. The predicted octanol–water partition coefficient (Wildman–Crippen LogP) is 1.31. The lowest BCUT2D eigenvalue weighted by Crippen LogP contribution is -2.33. The van der Waals surface area contributed by atoms with E-state index in [4.69, 9.17) is 5.11 Å². The molecule has 0 unspecified atom stereocenters. The second-order valence-corrected chi connectivity index (χ2v) is 4.20. The van der Waals surface area contributed by atoms with Gasteiger partial charge in [0.25, 0.3) is 0 Å². The van der Waals surface area contributed by atoms with E-state index in [0.717, 1.165) is 17.3 Å². The Balaban J connectivity index is 2.23. The average Bonchev–Trinajstić information content (AvgIpc) is 2.74. The fourth-order valence-electron chi connectivity index (χ4n) is 2.02. The Morgan fingerprint density at radius 1 is 1.32 bits per heavy atom. The molecule has 1 aromatic rings. The zero-order chi connectivity index (χ0) is 14.2. The molecular formula is C10H9F4N3O2. The number of rotatable bonds is 2. The Bertz CT molecular complexity index is 477. The van der Waals surface area contributed by atoms with Gasteiger partial charge in [-0.15, -0.1) is 0 Å². The molecule has 2 rings (SSSR count). The summed E-state index contributed by atoms with van der Waals surface area (Å²) < 4.78 is 50.8. The van der Waals surface area contributed by atoms with Crippen LogP contribution in [0, 0.1) is 17.7 Å². The number of carboxylic acids is 1. The van der Waals surface area contributed by atoms with Crippen molar-refractivity contribution in [3.05, 3.63) is 18.2 Å². The molecule has 2 heterocycles. The second kappa shape index (κ2) is 4.63. The Labute approximate surface area is 104 Å². The zero-order valence-corrected chi connectivity index (χ0v) is 9.43. The number of carboxylic acid groups (broad SMARTS) is 1. The highest BCUT2D eigenvalue weighted by Crippen LogP contribution is 2.38. The van der Waals surface area contributed by atoms with Crippen LogP contribution in [-0.4, -0.2) is 40.3 Å². The molecule has 1 saturated heterocycles. The molecule has 19 heavy (non-hydrogen) atoms. The SMILES string of the molecule is O=C(O)[C@@H]1CN(c2ncc(F)cn2)C[C@@H]1C(F)(F)F. The topological polar surface area (TPSA) is 66.3 Å². The van der Waals surface area contributed by atoms with Gasteiger partial charge in [0, 0.05) is 13.1 Å². The van der Waals surface area contributed by atoms with Crippen molar-refractivity contribution in [2.24, 2.45) is 11.8 Å². The first-order valence-corrected chi connectivity index (χ1v) is 5.31. The van der Waals surface area contributed by atoms with E-state index in [9.17, 15) is 22.4 Å². The summed E-state index contributed by atoms with van der Waals surface area (Å²) in [5.41, 5.74) is 0. The number of alkyl halides is 3. The predicted molar refractivity (Wildman–Crippen MR) is 54.9 cm³/mol. The standard InChI is InChI=1S/C10H9F4N3O2/c11-5-1-15-9(16-2-5)17-3-6(8(18)19)7(4-17)10(12,13)14/h1-2,6-7H,3-4H2,(H,18,19)/t6-,7+/m1/s1. The summed E-state index contributed by atoms with van der Waals surface area (Å²) in [5.74, 6) is -5.91. The highest BCUT2D eigenvalue weighted by atomic mass is 19.4. The Hall–Kier alpha value is -1.93. The van der Waals surface area contributed by atoms with Gasteiger partial charge in [-0.3, -0.25) is 4.79 Å². The second-order valence-electron chi connectivity index (χ2n) is 4.20. The molecule has 1 aliphatic heterocycles. The van der Waals surface area contributed by atoms with Crippen LogP contribution in [-0.2, 0) is 4.79 Å². The monoisotopic (exact) mass is 279 g/mol.